The van der Waals surface area contributed by atoms with Crippen LogP contribution in [0.1, 0.15) is 18.3 Å². The van der Waals surface area contributed by atoms with Crippen LogP contribution in [-0.4, -0.2) is 54.5 Å². The lowest BCUT2D eigenvalue weighted by Gasteiger charge is -2.26. The Balaban J connectivity index is 1.55. The van der Waals surface area contributed by atoms with Gasteiger partial charge in [0.15, 0.2) is 0 Å². The molecule has 160 valence electrons. The third-order valence-corrected chi connectivity index (χ3v) is 7.64. The van der Waals surface area contributed by atoms with Crippen LogP contribution in [0.2, 0.25) is 0 Å². The van der Waals surface area contributed by atoms with Gasteiger partial charge in [0.05, 0.1) is 35.6 Å². The number of benzene rings is 1. The molecule has 0 amide bonds. The average molecular weight is 450 g/mol. The van der Waals surface area contributed by atoms with Crippen molar-refractivity contribution in [2.75, 3.05) is 26.3 Å². The highest BCUT2D eigenvalue weighted by Gasteiger charge is 2.27. The van der Waals surface area contributed by atoms with Gasteiger partial charge in [-0.3, -0.25) is 4.79 Å². The molecule has 0 radical (unpaired) electrons. The molecule has 0 bridgehead atoms. The summed E-state index contributed by atoms with van der Waals surface area (Å²) >= 11 is 1.53. The van der Waals surface area contributed by atoms with E-state index in [2.05, 4.69) is 4.98 Å². The van der Waals surface area contributed by atoms with E-state index in [-0.39, 0.29) is 23.9 Å². The minimum Gasteiger partial charge on any atom is -0.457 e. The molecule has 8 nitrogen and oxygen atoms in total. The molecule has 3 heterocycles. The van der Waals surface area contributed by atoms with E-state index in [1.165, 1.54) is 15.6 Å². The number of carbonyl (C=O) groups excluding carboxylic acids is 1. The van der Waals surface area contributed by atoms with Gasteiger partial charge in [-0.05, 0) is 47.5 Å². The number of nitrogens with zero attached hydrogens (tertiary/aromatic N) is 3. The van der Waals surface area contributed by atoms with Gasteiger partial charge in [-0.1, -0.05) is 0 Å². The molecule has 0 spiro atoms. The molecule has 0 N–H and O–H groups in total. The third kappa shape index (κ3) is 4.27. The Kier molecular flexibility index (Phi) is 6.19. The summed E-state index contributed by atoms with van der Waals surface area (Å²) in [4.78, 5) is 16.9. The summed E-state index contributed by atoms with van der Waals surface area (Å²) < 4.78 is 39.9. The van der Waals surface area contributed by atoms with Crippen LogP contribution in [0, 0.1) is 0 Å². The van der Waals surface area contributed by atoms with Crippen molar-refractivity contribution in [3.05, 3.63) is 46.4 Å². The second-order valence-electron chi connectivity index (χ2n) is 6.91. The Morgan fingerprint density at radius 1 is 1.27 bits per heavy atom. The van der Waals surface area contributed by atoms with Gasteiger partial charge in [0.1, 0.15) is 12.4 Å². The lowest BCUT2D eigenvalue weighted by molar-refractivity contribution is -0.144. The number of morpholine rings is 1. The SMILES string of the molecule is CCn1c(COC(=O)Cc2ccsc2)nc2cc(S(=O)(=O)N3CCOCC3)ccc21. The second kappa shape index (κ2) is 8.84. The van der Waals surface area contributed by atoms with E-state index in [1.54, 1.807) is 18.2 Å². The van der Waals surface area contributed by atoms with Gasteiger partial charge in [-0.25, -0.2) is 13.4 Å². The van der Waals surface area contributed by atoms with Crippen LogP contribution in [0.25, 0.3) is 11.0 Å². The zero-order chi connectivity index (χ0) is 21.1. The zero-order valence-corrected chi connectivity index (χ0v) is 18.2. The Morgan fingerprint density at radius 2 is 2.07 bits per heavy atom. The fourth-order valence-electron chi connectivity index (χ4n) is 3.47. The summed E-state index contributed by atoms with van der Waals surface area (Å²) in [6.45, 7) is 4.11. The van der Waals surface area contributed by atoms with Crippen molar-refractivity contribution >= 4 is 38.4 Å². The molecule has 1 saturated heterocycles. The number of esters is 1. The van der Waals surface area contributed by atoms with Gasteiger partial charge in [-0.2, -0.15) is 15.6 Å². The lowest BCUT2D eigenvalue weighted by Crippen LogP contribution is -2.40. The number of aromatic nitrogens is 2. The van der Waals surface area contributed by atoms with E-state index in [9.17, 15) is 13.2 Å². The molecule has 10 heteroatoms. The lowest BCUT2D eigenvalue weighted by atomic mass is 10.2. The van der Waals surface area contributed by atoms with E-state index >= 15 is 0 Å². The molecule has 0 unspecified atom stereocenters. The number of thiophene rings is 1. The van der Waals surface area contributed by atoms with Crippen molar-refractivity contribution in [1.82, 2.24) is 13.9 Å². The predicted octanol–water partition coefficient (Wildman–Crippen LogP) is 2.42. The van der Waals surface area contributed by atoms with Gasteiger partial charge in [0.25, 0.3) is 0 Å². The van der Waals surface area contributed by atoms with Gasteiger partial charge in [0, 0.05) is 19.6 Å². The van der Waals surface area contributed by atoms with Crippen molar-refractivity contribution < 1.29 is 22.7 Å². The average Bonchev–Trinajstić information content (AvgIpc) is 3.39. The zero-order valence-electron chi connectivity index (χ0n) is 16.6. The molecule has 0 aliphatic carbocycles. The Bertz CT molecular complexity index is 1130. The van der Waals surface area contributed by atoms with E-state index in [1.807, 2.05) is 28.3 Å². The van der Waals surface area contributed by atoms with Crippen molar-refractivity contribution in [3.63, 3.8) is 0 Å². The first-order chi connectivity index (χ1) is 14.5. The molecule has 1 aliphatic rings. The third-order valence-electron chi connectivity index (χ3n) is 5.01. The van der Waals surface area contributed by atoms with Gasteiger partial charge < -0.3 is 14.0 Å². The van der Waals surface area contributed by atoms with Crippen LogP contribution >= 0.6 is 11.3 Å². The largest absolute Gasteiger partial charge is 0.457 e. The maximum absolute atomic E-state index is 12.9. The minimum atomic E-state index is -3.60. The summed E-state index contributed by atoms with van der Waals surface area (Å²) in [5.41, 5.74) is 2.30. The summed E-state index contributed by atoms with van der Waals surface area (Å²) in [5.74, 6) is 0.269. The van der Waals surface area contributed by atoms with Crippen LogP contribution in [-0.2, 0) is 43.9 Å². The summed E-state index contributed by atoms with van der Waals surface area (Å²) in [6, 6.07) is 6.84. The van der Waals surface area contributed by atoms with Crippen LogP contribution < -0.4 is 0 Å². The first kappa shape index (κ1) is 21.0. The van der Waals surface area contributed by atoms with E-state index in [0.29, 0.717) is 44.2 Å². The van der Waals surface area contributed by atoms with Crippen LogP contribution in [0.4, 0.5) is 0 Å². The number of rotatable bonds is 7. The fraction of sp³-hybridized carbons (Fsp3) is 0.400. The van der Waals surface area contributed by atoms with Crippen molar-refractivity contribution in [2.24, 2.45) is 0 Å². The number of aryl methyl sites for hydroxylation is 1. The molecule has 1 aliphatic heterocycles. The fourth-order valence-corrected chi connectivity index (χ4v) is 5.57. The number of sulfonamides is 1. The van der Waals surface area contributed by atoms with Gasteiger partial charge in [-0.15, -0.1) is 0 Å². The topological polar surface area (TPSA) is 90.7 Å². The number of hydrogen-bond donors (Lipinski definition) is 0. The monoisotopic (exact) mass is 449 g/mol. The Hall–Kier alpha value is -2.27. The highest BCUT2D eigenvalue weighted by atomic mass is 32.2. The molecule has 2 aromatic heterocycles. The summed E-state index contributed by atoms with van der Waals surface area (Å²) in [7, 11) is -3.60. The summed E-state index contributed by atoms with van der Waals surface area (Å²) in [6.07, 6.45) is 0.220. The molecule has 3 aromatic rings. The number of imidazole rings is 1. The molecule has 1 fully saturated rings. The van der Waals surface area contributed by atoms with Crippen LogP contribution in [0.5, 0.6) is 0 Å². The van der Waals surface area contributed by atoms with Crippen molar-refractivity contribution in [2.45, 2.75) is 31.4 Å². The quantitative estimate of drug-likeness (QED) is 0.515. The maximum atomic E-state index is 12.9. The highest BCUT2D eigenvalue weighted by Crippen LogP contribution is 2.24. The molecular formula is C20H23N3O5S2. The molecule has 0 saturated carbocycles. The van der Waals surface area contributed by atoms with E-state index in [0.717, 1.165) is 11.1 Å². The first-order valence-electron chi connectivity index (χ1n) is 9.73. The normalized spacial score (nSPS) is 15.5. The number of hydrogen-bond acceptors (Lipinski definition) is 7. The number of ether oxygens (including phenoxy) is 2. The van der Waals surface area contributed by atoms with Gasteiger partial charge in [0.2, 0.25) is 10.0 Å². The van der Waals surface area contributed by atoms with Crippen molar-refractivity contribution in [3.8, 4) is 0 Å². The Labute approximate surface area is 179 Å². The van der Waals surface area contributed by atoms with E-state index < -0.39 is 10.0 Å². The van der Waals surface area contributed by atoms with Crippen LogP contribution in [0.3, 0.4) is 0 Å². The second-order valence-corrected chi connectivity index (χ2v) is 9.63. The van der Waals surface area contributed by atoms with Gasteiger partial charge >= 0.3 is 5.97 Å². The molecule has 0 atom stereocenters. The summed E-state index contributed by atoms with van der Waals surface area (Å²) in [5, 5.41) is 3.83. The van der Waals surface area contributed by atoms with E-state index in [4.69, 9.17) is 9.47 Å². The molecular weight excluding hydrogens is 426 g/mol. The highest BCUT2D eigenvalue weighted by molar-refractivity contribution is 7.89. The number of carbonyl (C=O) groups is 1. The Morgan fingerprint density at radius 3 is 2.77 bits per heavy atom. The molecule has 30 heavy (non-hydrogen) atoms. The number of fused-ring (bicyclic) bond motifs is 1. The minimum absolute atomic E-state index is 0.0387. The van der Waals surface area contributed by atoms with Crippen molar-refractivity contribution in [1.29, 1.82) is 0 Å². The smallest absolute Gasteiger partial charge is 0.310 e. The van der Waals surface area contributed by atoms with Crippen LogP contribution in [0.15, 0.2) is 39.9 Å². The molecule has 1 aromatic carbocycles. The standard InChI is InChI=1S/C20H23N3O5S2/c1-2-23-18-4-3-16(30(25,26)22-6-8-27-9-7-22)12-17(18)21-19(23)13-28-20(24)11-15-5-10-29-14-15/h3-5,10,12,14H,2,6-9,11,13H2,1H3. The predicted molar refractivity (Wildman–Crippen MR) is 113 cm³/mol. The molecule has 4 rings (SSSR count). The maximum Gasteiger partial charge on any atom is 0.310 e. The first-order valence-corrected chi connectivity index (χ1v) is 12.1.